The van der Waals surface area contributed by atoms with E-state index in [9.17, 15) is 29.1 Å². The Morgan fingerprint density at radius 1 is 1.39 bits per heavy atom. The van der Waals surface area contributed by atoms with E-state index in [-0.39, 0.29) is 12.2 Å². The van der Waals surface area contributed by atoms with E-state index in [1.807, 2.05) is 0 Å². The van der Waals surface area contributed by atoms with E-state index in [1.54, 1.807) is 0 Å². The maximum absolute atomic E-state index is 13.3. The van der Waals surface area contributed by atoms with Crippen molar-refractivity contribution in [2.75, 3.05) is 5.75 Å². The highest BCUT2D eigenvalue weighted by Crippen LogP contribution is 2.31. The highest BCUT2D eigenvalue weighted by atomic mass is 32.1. The van der Waals surface area contributed by atoms with Crippen LogP contribution in [0.5, 0.6) is 0 Å². The predicted molar refractivity (Wildman–Crippen MR) is 62.4 cm³/mol. The van der Waals surface area contributed by atoms with E-state index in [2.05, 4.69) is 12.6 Å². The number of benzene rings is 1. The molecule has 1 aromatic carbocycles. The number of hydrogen-bond acceptors (Lipinski definition) is 5. The lowest BCUT2D eigenvalue weighted by Gasteiger charge is -2.17. The van der Waals surface area contributed by atoms with Gasteiger partial charge in [0.1, 0.15) is 11.9 Å². The Bertz CT molecular complexity index is 458. The van der Waals surface area contributed by atoms with Gasteiger partial charge in [0.25, 0.3) is 0 Å². The average molecular weight is 279 g/mol. The molecule has 2 unspecified atom stereocenters. The van der Waals surface area contributed by atoms with Crippen molar-refractivity contribution >= 4 is 18.3 Å². The van der Waals surface area contributed by atoms with E-state index in [1.165, 1.54) is 0 Å². The van der Waals surface area contributed by atoms with Gasteiger partial charge >= 0.3 is 5.69 Å². The molecule has 100 valence electrons. The Hall–Kier alpha value is -1.25. The lowest BCUT2D eigenvalue weighted by atomic mass is 10.0. The van der Waals surface area contributed by atoms with Crippen LogP contribution in [0.3, 0.4) is 0 Å². The van der Waals surface area contributed by atoms with Crippen LogP contribution >= 0.6 is 12.6 Å². The van der Waals surface area contributed by atoms with Crippen molar-refractivity contribution in [3.8, 4) is 0 Å². The fraction of sp³-hybridized carbons (Fsp3) is 0.400. The SMILES string of the molecule is O=[N+]([O-])c1c(F)cc(F)cc1C(O)C(O)CCS. The number of nitro benzene ring substituents is 1. The molecule has 0 saturated heterocycles. The van der Waals surface area contributed by atoms with Crippen LogP contribution in [0.15, 0.2) is 12.1 Å². The predicted octanol–water partition coefficient (Wildman–Crippen LogP) is 1.59. The lowest BCUT2D eigenvalue weighted by Crippen LogP contribution is -2.20. The Morgan fingerprint density at radius 2 is 2.00 bits per heavy atom. The molecular formula is C10H11F2NO4S. The van der Waals surface area contributed by atoms with E-state index >= 15 is 0 Å². The zero-order valence-corrected chi connectivity index (χ0v) is 9.98. The summed E-state index contributed by atoms with van der Waals surface area (Å²) in [6.07, 6.45) is -3.11. The molecule has 0 fully saturated rings. The maximum atomic E-state index is 13.3. The second-order valence-corrected chi connectivity index (χ2v) is 4.05. The van der Waals surface area contributed by atoms with Gasteiger partial charge in [-0.25, -0.2) is 4.39 Å². The third kappa shape index (κ3) is 3.15. The Labute approximate surface area is 107 Å². The number of aliphatic hydroxyl groups is 2. The first kappa shape index (κ1) is 14.8. The van der Waals surface area contributed by atoms with Gasteiger partial charge in [-0.1, -0.05) is 0 Å². The van der Waals surface area contributed by atoms with Crippen LogP contribution in [-0.4, -0.2) is 27.0 Å². The first-order valence-electron chi connectivity index (χ1n) is 4.98. The Morgan fingerprint density at radius 3 is 2.50 bits per heavy atom. The number of nitrogens with zero attached hydrogens (tertiary/aromatic N) is 1. The van der Waals surface area contributed by atoms with E-state index in [4.69, 9.17) is 0 Å². The first-order valence-corrected chi connectivity index (χ1v) is 5.62. The topological polar surface area (TPSA) is 83.6 Å². The van der Waals surface area contributed by atoms with Gasteiger partial charge in [-0.2, -0.15) is 17.0 Å². The highest BCUT2D eigenvalue weighted by molar-refractivity contribution is 7.80. The first-order chi connectivity index (χ1) is 8.38. The number of hydrogen-bond donors (Lipinski definition) is 3. The van der Waals surface area contributed by atoms with Crippen molar-refractivity contribution in [2.45, 2.75) is 18.6 Å². The largest absolute Gasteiger partial charge is 0.390 e. The molecule has 1 rings (SSSR count). The molecule has 0 spiro atoms. The van der Waals surface area contributed by atoms with Crippen LogP contribution in [0.4, 0.5) is 14.5 Å². The molecule has 0 aliphatic rings. The summed E-state index contributed by atoms with van der Waals surface area (Å²) in [5, 5.41) is 29.8. The highest BCUT2D eigenvalue weighted by Gasteiger charge is 2.30. The molecule has 0 aliphatic carbocycles. The molecule has 2 N–H and O–H groups in total. The van der Waals surface area contributed by atoms with Gasteiger partial charge in [-0.15, -0.1) is 0 Å². The standard InChI is InChI=1S/C10H11F2NO4S/c11-5-3-6(10(15)8(14)1-2-18)9(13(16)17)7(12)4-5/h3-4,8,10,14-15,18H,1-2H2. The van der Waals surface area contributed by atoms with E-state index in [0.717, 1.165) is 0 Å². The third-order valence-corrected chi connectivity index (χ3v) is 2.61. The van der Waals surface area contributed by atoms with Gasteiger partial charge in [0, 0.05) is 6.07 Å². The van der Waals surface area contributed by atoms with Crippen LogP contribution in [-0.2, 0) is 0 Å². The Balaban J connectivity index is 3.25. The van der Waals surface area contributed by atoms with Gasteiger partial charge in [0.05, 0.1) is 16.6 Å². The number of rotatable bonds is 5. The van der Waals surface area contributed by atoms with E-state index < -0.39 is 40.0 Å². The molecule has 5 nitrogen and oxygen atoms in total. The quantitative estimate of drug-likeness (QED) is 0.434. The molecule has 0 bridgehead atoms. The van der Waals surface area contributed by atoms with Gasteiger partial charge in [-0.05, 0) is 18.2 Å². The maximum Gasteiger partial charge on any atom is 0.310 e. The number of aliphatic hydroxyl groups excluding tert-OH is 2. The van der Waals surface area contributed by atoms with Crippen LogP contribution in [0.1, 0.15) is 18.1 Å². The molecule has 18 heavy (non-hydrogen) atoms. The molecule has 0 saturated carbocycles. The number of nitro groups is 1. The summed E-state index contributed by atoms with van der Waals surface area (Å²) < 4.78 is 26.3. The van der Waals surface area contributed by atoms with Gasteiger partial charge < -0.3 is 10.2 Å². The van der Waals surface area contributed by atoms with Crippen molar-refractivity contribution in [2.24, 2.45) is 0 Å². The fourth-order valence-electron chi connectivity index (χ4n) is 1.50. The molecule has 0 aliphatic heterocycles. The number of halogens is 2. The summed E-state index contributed by atoms with van der Waals surface area (Å²) in [6, 6.07) is 0.979. The monoisotopic (exact) mass is 279 g/mol. The summed E-state index contributed by atoms with van der Waals surface area (Å²) in [4.78, 5) is 9.61. The fourth-order valence-corrected chi connectivity index (χ4v) is 1.77. The molecule has 0 amide bonds. The molecular weight excluding hydrogens is 268 g/mol. The minimum atomic E-state index is -1.75. The summed E-state index contributed by atoms with van der Waals surface area (Å²) in [6.45, 7) is 0. The molecule has 8 heteroatoms. The molecule has 0 heterocycles. The van der Waals surface area contributed by atoms with Crippen molar-refractivity contribution < 1.29 is 23.9 Å². The average Bonchev–Trinajstić information content (AvgIpc) is 2.26. The summed E-state index contributed by atoms with van der Waals surface area (Å²) in [7, 11) is 0. The number of thiol groups is 1. The van der Waals surface area contributed by atoms with Gasteiger partial charge in [0.15, 0.2) is 0 Å². The second-order valence-electron chi connectivity index (χ2n) is 3.61. The van der Waals surface area contributed by atoms with Gasteiger partial charge in [0.2, 0.25) is 5.82 Å². The van der Waals surface area contributed by atoms with Crippen LogP contribution in [0.25, 0.3) is 0 Å². The van der Waals surface area contributed by atoms with Crippen molar-refractivity contribution in [1.82, 2.24) is 0 Å². The summed E-state index contributed by atoms with van der Waals surface area (Å²) in [5.41, 5.74) is -1.63. The minimum absolute atomic E-state index is 0.0273. The molecule has 0 aromatic heterocycles. The van der Waals surface area contributed by atoms with Crippen molar-refractivity contribution in [1.29, 1.82) is 0 Å². The zero-order chi connectivity index (χ0) is 13.9. The minimum Gasteiger partial charge on any atom is -0.390 e. The molecule has 1 aromatic rings. The summed E-state index contributed by atoms with van der Waals surface area (Å²) in [5.74, 6) is -2.25. The van der Waals surface area contributed by atoms with Crippen molar-refractivity contribution in [3.63, 3.8) is 0 Å². The van der Waals surface area contributed by atoms with Crippen LogP contribution in [0, 0.1) is 21.7 Å². The second kappa shape index (κ2) is 6.07. The smallest absolute Gasteiger partial charge is 0.310 e. The summed E-state index contributed by atoms with van der Waals surface area (Å²) >= 11 is 3.82. The van der Waals surface area contributed by atoms with Gasteiger partial charge in [-0.3, -0.25) is 10.1 Å². The third-order valence-electron chi connectivity index (χ3n) is 2.35. The molecule has 0 radical (unpaired) electrons. The van der Waals surface area contributed by atoms with Crippen molar-refractivity contribution in [3.05, 3.63) is 39.4 Å². The van der Waals surface area contributed by atoms with Crippen LogP contribution in [0.2, 0.25) is 0 Å². The lowest BCUT2D eigenvalue weighted by molar-refractivity contribution is -0.389. The zero-order valence-electron chi connectivity index (χ0n) is 9.08. The normalized spacial score (nSPS) is 14.3. The van der Waals surface area contributed by atoms with E-state index in [0.29, 0.717) is 12.1 Å². The van der Waals surface area contributed by atoms with Crippen LogP contribution < -0.4 is 0 Å². The molecule has 2 atom stereocenters. The Kier molecular flexibility index (Phi) is 5.00.